The third kappa shape index (κ3) is 2.78. The molecule has 0 radical (unpaired) electrons. The van der Waals surface area contributed by atoms with Gasteiger partial charge in [0.05, 0.1) is 6.10 Å². The van der Waals surface area contributed by atoms with E-state index < -0.39 is 0 Å². The topological polar surface area (TPSA) is 45.1 Å². The molecule has 1 fully saturated rings. The van der Waals surface area contributed by atoms with Gasteiger partial charge in [0, 0.05) is 18.7 Å². The minimum atomic E-state index is 0.0445. The highest BCUT2D eigenvalue weighted by molar-refractivity contribution is 5.88. The minimum Gasteiger partial charge on any atom is -0.376 e. The molecule has 1 atom stereocenters. The Balaban J connectivity index is 2.44. The second-order valence-corrected chi connectivity index (χ2v) is 3.61. The van der Waals surface area contributed by atoms with Crippen molar-refractivity contribution in [2.75, 3.05) is 20.2 Å². The zero-order valence-electron chi connectivity index (χ0n) is 8.60. The Labute approximate surface area is 80.4 Å². The molecule has 0 amide bonds. The third-order valence-corrected chi connectivity index (χ3v) is 2.78. The maximum atomic E-state index is 7.99. The van der Waals surface area contributed by atoms with Crippen LogP contribution >= 0.6 is 0 Å². The third-order valence-electron chi connectivity index (χ3n) is 2.78. The summed E-state index contributed by atoms with van der Waals surface area (Å²) >= 11 is 0. The maximum absolute atomic E-state index is 7.99. The SMILES string of the molecule is CC[C@H](OC)C(=N)C1CCNCC1. The van der Waals surface area contributed by atoms with Crippen LogP contribution in [0.15, 0.2) is 0 Å². The molecule has 3 heteroatoms. The lowest BCUT2D eigenvalue weighted by atomic mass is 9.89. The Hall–Kier alpha value is -0.410. The number of hydrogen-bond donors (Lipinski definition) is 2. The van der Waals surface area contributed by atoms with Crippen molar-refractivity contribution in [3.8, 4) is 0 Å². The van der Waals surface area contributed by atoms with Crippen molar-refractivity contribution >= 4 is 5.71 Å². The Morgan fingerprint density at radius 1 is 1.54 bits per heavy atom. The molecular formula is C10H20N2O. The maximum Gasteiger partial charge on any atom is 0.0945 e. The van der Waals surface area contributed by atoms with E-state index in [-0.39, 0.29) is 6.10 Å². The average molecular weight is 184 g/mol. The molecule has 1 aliphatic rings. The van der Waals surface area contributed by atoms with Crippen molar-refractivity contribution < 1.29 is 4.74 Å². The van der Waals surface area contributed by atoms with E-state index >= 15 is 0 Å². The van der Waals surface area contributed by atoms with Gasteiger partial charge in [-0.2, -0.15) is 0 Å². The predicted octanol–water partition coefficient (Wildman–Crippen LogP) is 1.43. The van der Waals surface area contributed by atoms with E-state index in [4.69, 9.17) is 10.1 Å². The summed E-state index contributed by atoms with van der Waals surface area (Å²) in [6.45, 7) is 4.17. The largest absolute Gasteiger partial charge is 0.376 e. The van der Waals surface area contributed by atoms with Gasteiger partial charge in [-0.15, -0.1) is 0 Å². The van der Waals surface area contributed by atoms with Crippen molar-refractivity contribution in [3.05, 3.63) is 0 Å². The average Bonchev–Trinajstić information content (AvgIpc) is 2.21. The van der Waals surface area contributed by atoms with Crippen molar-refractivity contribution in [3.63, 3.8) is 0 Å². The first kappa shape index (κ1) is 10.7. The predicted molar refractivity (Wildman–Crippen MR) is 54.4 cm³/mol. The zero-order valence-corrected chi connectivity index (χ0v) is 8.60. The highest BCUT2D eigenvalue weighted by Crippen LogP contribution is 2.17. The molecular weight excluding hydrogens is 164 g/mol. The summed E-state index contributed by atoms with van der Waals surface area (Å²) in [5.74, 6) is 0.450. The standard InChI is InChI=1S/C10H20N2O/c1-3-9(13-2)10(11)8-4-6-12-7-5-8/h8-9,11-12H,3-7H2,1-2H3/t9-/m0/s1. The van der Waals surface area contributed by atoms with Crippen LogP contribution in [-0.4, -0.2) is 32.0 Å². The molecule has 1 saturated heterocycles. The molecule has 0 aromatic carbocycles. The molecule has 1 aliphatic heterocycles. The highest BCUT2D eigenvalue weighted by Gasteiger charge is 2.23. The van der Waals surface area contributed by atoms with Crippen LogP contribution in [0.4, 0.5) is 0 Å². The van der Waals surface area contributed by atoms with Crippen LogP contribution in [-0.2, 0) is 4.74 Å². The number of methoxy groups -OCH3 is 1. The lowest BCUT2D eigenvalue weighted by Crippen LogP contribution is -2.36. The van der Waals surface area contributed by atoms with E-state index in [1.807, 2.05) is 0 Å². The Morgan fingerprint density at radius 2 is 2.15 bits per heavy atom. The summed E-state index contributed by atoms with van der Waals surface area (Å²) in [4.78, 5) is 0. The quantitative estimate of drug-likeness (QED) is 0.649. The van der Waals surface area contributed by atoms with Crippen LogP contribution in [0.3, 0.4) is 0 Å². The van der Waals surface area contributed by atoms with Crippen molar-refractivity contribution in [1.82, 2.24) is 5.32 Å². The van der Waals surface area contributed by atoms with Gasteiger partial charge in [-0.05, 0) is 32.4 Å². The van der Waals surface area contributed by atoms with Crippen molar-refractivity contribution in [2.45, 2.75) is 32.3 Å². The summed E-state index contributed by atoms with van der Waals surface area (Å²) in [5.41, 5.74) is 0.798. The minimum absolute atomic E-state index is 0.0445. The van der Waals surface area contributed by atoms with Gasteiger partial charge >= 0.3 is 0 Å². The number of hydrogen-bond acceptors (Lipinski definition) is 3. The van der Waals surface area contributed by atoms with E-state index in [9.17, 15) is 0 Å². The zero-order chi connectivity index (χ0) is 9.68. The summed E-state index contributed by atoms with van der Waals surface area (Å²) in [5, 5.41) is 11.3. The van der Waals surface area contributed by atoms with E-state index in [0.29, 0.717) is 5.92 Å². The molecule has 1 heterocycles. The van der Waals surface area contributed by atoms with Gasteiger partial charge in [0.1, 0.15) is 0 Å². The molecule has 1 rings (SSSR count). The normalized spacial score (nSPS) is 21.4. The first-order valence-corrected chi connectivity index (χ1v) is 5.11. The van der Waals surface area contributed by atoms with Crippen LogP contribution in [0.1, 0.15) is 26.2 Å². The van der Waals surface area contributed by atoms with Gasteiger partial charge in [-0.3, -0.25) is 0 Å². The molecule has 0 aromatic rings. The molecule has 2 N–H and O–H groups in total. The first-order chi connectivity index (χ1) is 6.29. The summed E-state index contributed by atoms with van der Waals surface area (Å²) in [6.07, 6.45) is 3.15. The van der Waals surface area contributed by atoms with Gasteiger partial charge in [-0.25, -0.2) is 0 Å². The lowest BCUT2D eigenvalue weighted by Gasteiger charge is -2.27. The van der Waals surface area contributed by atoms with Crippen LogP contribution < -0.4 is 5.32 Å². The number of rotatable bonds is 4. The monoisotopic (exact) mass is 184 g/mol. The summed E-state index contributed by atoms with van der Waals surface area (Å²) < 4.78 is 5.27. The van der Waals surface area contributed by atoms with Crippen LogP contribution in [0.5, 0.6) is 0 Å². The fourth-order valence-corrected chi connectivity index (χ4v) is 1.91. The van der Waals surface area contributed by atoms with Crippen LogP contribution in [0.25, 0.3) is 0 Å². The highest BCUT2D eigenvalue weighted by atomic mass is 16.5. The van der Waals surface area contributed by atoms with E-state index in [1.165, 1.54) is 0 Å². The van der Waals surface area contributed by atoms with Crippen LogP contribution in [0, 0.1) is 11.3 Å². The molecule has 0 aromatic heterocycles. The fraction of sp³-hybridized carbons (Fsp3) is 0.900. The molecule has 76 valence electrons. The molecule has 0 saturated carbocycles. The summed E-state index contributed by atoms with van der Waals surface area (Å²) in [6, 6.07) is 0. The number of ether oxygens (including phenoxy) is 1. The van der Waals surface area contributed by atoms with Crippen LogP contribution in [0.2, 0.25) is 0 Å². The second kappa shape index (κ2) is 5.35. The molecule has 0 unspecified atom stereocenters. The Kier molecular flexibility index (Phi) is 4.39. The van der Waals surface area contributed by atoms with Crippen molar-refractivity contribution in [2.24, 2.45) is 5.92 Å². The second-order valence-electron chi connectivity index (χ2n) is 3.61. The molecule has 0 bridgehead atoms. The molecule has 0 spiro atoms. The Bertz CT molecular complexity index is 160. The fourth-order valence-electron chi connectivity index (χ4n) is 1.91. The molecule has 13 heavy (non-hydrogen) atoms. The number of piperidine rings is 1. The molecule has 0 aliphatic carbocycles. The molecule has 3 nitrogen and oxygen atoms in total. The van der Waals surface area contributed by atoms with E-state index in [2.05, 4.69) is 12.2 Å². The van der Waals surface area contributed by atoms with E-state index in [0.717, 1.165) is 38.1 Å². The van der Waals surface area contributed by atoms with Gasteiger partial charge < -0.3 is 15.5 Å². The lowest BCUT2D eigenvalue weighted by molar-refractivity contribution is 0.146. The smallest absolute Gasteiger partial charge is 0.0945 e. The van der Waals surface area contributed by atoms with Gasteiger partial charge in [-0.1, -0.05) is 6.92 Å². The van der Waals surface area contributed by atoms with E-state index in [1.54, 1.807) is 7.11 Å². The van der Waals surface area contributed by atoms with Gasteiger partial charge in [0.2, 0.25) is 0 Å². The summed E-state index contributed by atoms with van der Waals surface area (Å²) in [7, 11) is 1.70. The Morgan fingerprint density at radius 3 is 2.62 bits per heavy atom. The van der Waals surface area contributed by atoms with Crippen molar-refractivity contribution in [1.29, 1.82) is 5.41 Å². The van der Waals surface area contributed by atoms with Gasteiger partial charge in [0.25, 0.3) is 0 Å². The van der Waals surface area contributed by atoms with Gasteiger partial charge in [0.15, 0.2) is 0 Å². The number of nitrogens with one attached hydrogen (secondary N) is 2. The first-order valence-electron chi connectivity index (χ1n) is 5.11.